The van der Waals surface area contributed by atoms with Crippen molar-refractivity contribution < 1.29 is 4.39 Å². The Morgan fingerprint density at radius 2 is 1.32 bits per heavy atom. The van der Waals surface area contributed by atoms with Crippen LogP contribution < -0.4 is 0 Å². The maximum atomic E-state index is 13.2. The molecule has 0 amide bonds. The van der Waals surface area contributed by atoms with Gasteiger partial charge in [0.1, 0.15) is 5.82 Å². The summed E-state index contributed by atoms with van der Waals surface area (Å²) in [6.07, 6.45) is 17.2. The van der Waals surface area contributed by atoms with Gasteiger partial charge in [-0.2, -0.15) is 0 Å². The third kappa shape index (κ3) is 5.83. The largest absolute Gasteiger partial charge is 0.207 e. The third-order valence-electron chi connectivity index (χ3n) is 8.51. The molecule has 1 heteroatoms. The van der Waals surface area contributed by atoms with Gasteiger partial charge in [0.05, 0.1) is 0 Å². The van der Waals surface area contributed by atoms with Crippen molar-refractivity contribution in [2.24, 2.45) is 29.6 Å². The molecule has 2 unspecified atom stereocenters. The predicted molar refractivity (Wildman–Crippen MR) is 119 cm³/mol. The molecule has 0 saturated heterocycles. The molecule has 0 aliphatic heterocycles. The Morgan fingerprint density at radius 1 is 0.786 bits per heavy atom. The van der Waals surface area contributed by atoms with Crippen LogP contribution >= 0.6 is 0 Å². The lowest BCUT2D eigenvalue weighted by atomic mass is 9.65. The van der Waals surface area contributed by atoms with Crippen LogP contribution in [0.2, 0.25) is 0 Å². The standard InChI is InChI=1S/C27H43F/c1-4-5-6-7-22-8-10-23(11-9-22)20(2)24-12-14-25(15-13-24)21(3)26-16-18-27(28)19-17-26/h16-25H,4-15H2,1-3H3. The van der Waals surface area contributed by atoms with Crippen LogP contribution in [-0.4, -0.2) is 0 Å². The van der Waals surface area contributed by atoms with Gasteiger partial charge in [0.25, 0.3) is 0 Å². The van der Waals surface area contributed by atoms with E-state index in [9.17, 15) is 4.39 Å². The zero-order valence-electron chi connectivity index (χ0n) is 18.6. The predicted octanol–water partition coefficient (Wildman–Crippen LogP) is 8.76. The zero-order chi connectivity index (χ0) is 19.9. The number of hydrogen-bond donors (Lipinski definition) is 0. The molecule has 1 aromatic rings. The van der Waals surface area contributed by atoms with Crippen LogP contribution in [-0.2, 0) is 0 Å². The van der Waals surface area contributed by atoms with Crippen molar-refractivity contribution >= 4 is 0 Å². The number of halogens is 1. The van der Waals surface area contributed by atoms with Gasteiger partial charge in [0, 0.05) is 0 Å². The second-order valence-electron chi connectivity index (χ2n) is 10.2. The van der Waals surface area contributed by atoms with Crippen LogP contribution in [0.15, 0.2) is 24.3 Å². The lowest BCUT2D eigenvalue weighted by Gasteiger charge is -2.40. The van der Waals surface area contributed by atoms with Crippen LogP contribution in [0, 0.1) is 35.4 Å². The minimum absolute atomic E-state index is 0.117. The molecule has 0 bridgehead atoms. The lowest BCUT2D eigenvalue weighted by molar-refractivity contribution is 0.118. The first-order valence-corrected chi connectivity index (χ1v) is 12.3. The summed E-state index contributed by atoms with van der Waals surface area (Å²) in [6.45, 7) is 7.23. The number of benzene rings is 1. The van der Waals surface area contributed by atoms with E-state index in [2.05, 4.69) is 20.8 Å². The van der Waals surface area contributed by atoms with E-state index < -0.39 is 0 Å². The topological polar surface area (TPSA) is 0 Å². The highest BCUT2D eigenvalue weighted by atomic mass is 19.1. The molecular weight excluding hydrogens is 343 g/mol. The number of rotatable bonds is 8. The first-order chi connectivity index (χ1) is 13.6. The van der Waals surface area contributed by atoms with E-state index in [1.165, 1.54) is 82.6 Å². The molecule has 2 fully saturated rings. The molecule has 0 spiro atoms. The Balaban J connectivity index is 1.41. The molecule has 0 radical (unpaired) electrons. The van der Waals surface area contributed by atoms with Crippen molar-refractivity contribution in [1.29, 1.82) is 0 Å². The Kier molecular flexibility index (Phi) is 8.42. The lowest BCUT2D eigenvalue weighted by Crippen LogP contribution is -2.29. The Bertz CT molecular complexity index is 546. The summed E-state index contributed by atoms with van der Waals surface area (Å²) in [6, 6.07) is 7.23. The fraction of sp³-hybridized carbons (Fsp3) is 0.778. The smallest absolute Gasteiger partial charge is 0.123 e. The average Bonchev–Trinajstić information content (AvgIpc) is 2.74. The third-order valence-corrected chi connectivity index (χ3v) is 8.51. The first-order valence-electron chi connectivity index (χ1n) is 12.3. The molecule has 2 aliphatic carbocycles. The van der Waals surface area contributed by atoms with Crippen LogP contribution in [0.3, 0.4) is 0 Å². The molecule has 0 heterocycles. The molecule has 2 atom stereocenters. The van der Waals surface area contributed by atoms with Crippen molar-refractivity contribution in [2.45, 2.75) is 104 Å². The first kappa shape index (κ1) is 21.8. The molecule has 0 nitrogen and oxygen atoms in total. The second-order valence-corrected chi connectivity index (χ2v) is 10.2. The molecule has 0 aromatic heterocycles. The molecular formula is C27H43F. The van der Waals surface area contributed by atoms with E-state index in [-0.39, 0.29) is 5.82 Å². The van der Waals surface area contributed by atoms with Gasteiger partial charge in [-0.1, -0.05) is 71.4 Å². The fourth-order valence-corrected chi connectivity index (χ4v) is 6.28. The van der Waals surface area contributed by atoms with Crippen molar-refractivity contribution in [3.05, 3.63) is 35.6 Å². The average molecular weight is 387 g/mol. The van der Waals surface area contributed by atoms with Crippen LogP contribution in [0.1, 0.15) is 109 Å². The molecule has 3 rings (SSSR count). The highest BCUT2D eigenvalue weighted by Gasteiger charge is 2.33. The summed E-state index contributed by atoms with van der Waals surface area (Å²) in [4.78, 5) is 0. The summed E-state index contributed by atoms with van der Waals surface area (Å²) in [5.74, 6) is 5.10. The molecule has 1 aromatic carbocycles. The van der Waals surface area contributed by atoms with Gasteiger partial charge in [-0.25, -0.2) is 4.39 Å². The summed E-state index contributed by atoms with van der Waals surface area (Å²) < 4.78 is 13.2. The van der Waals surface area contributed by atoms with Gasteiger partial charge in [-0.15, -0.1) is 0 Å². The van der Waals surface area contributed by atoms with Crippen molar-refractivity contribution in [1.82, 2.24) is 0 Å². The van der Waals surface area contributed by atoms with Crippen molar-refractivity contribution in [3.63, 3.8) is 0 Å². The Labute approximate surface area is 173 Å². The van der Waals surface area contributed by atoms with Gasteiger partial charge in [-0.05, 0) is 91.7 Å². The maximum Gasteiger partial charge on any atom is 0.123 e. The van der Waals surface area contributed by atoms with Gasteiger partial charge in [0.15, 0.2) is 0 Å². The fourth-order valence-electron chi connectivity index (χ4n) is 6.28. The zero-order valence-corrected chi connectivity index (χ0v) is 18.6. The van der Waals surface area contributed by atoms with Crippen LogP contribution in [0.4, 0.5) is 4.39 Å². The van der Waals surface area contributed by atoms with Crippen molar-refractivity contribution in [2.75, 3.05) is 0 Å². The maximum absolute atomic E-state index is 13.2. The van der Waals surface area contributed by atoms with E-state index >= 15 is 0 Å². The summed E-state index contributed by atoms with van der Waals surface area (Å²) in [7, 11) is 0. The number of hydrogen-bond acceptors (Lipinski definition) is 0. The monoisotopic (exact) mass is 386 g/mol. The van der Waals surface area contributed by atoms with Gasteiger partial charge < -0.3 is 0 Å². The van der Waals surface area contributed by atoms with Gasteiger partial charge in [-0.3, -0.25) is 0 Å². The quantitative estimate of drug-likeness (QED) is 0.392. The minimum atomic E-state index is -0.117. The highest BCUT2D eigenvalue weighted by Crippen LogP contribution is 2.45. The molecule has 2 saturated carbocycles. The van der Waals surface area contributed by atoms with Crippen LogP contribution in [0.25, 0.3) is 0 Å². The summed E-state index contributed by atoms with van der Waals surface area (Å²) >= 11 is 0. The van der Waals surface area contributed by atoms with E-state index in [0.29, 0.717) is 5.92 Å². The Morgan fingerprint density at radius 3 is 1.89 bits per heavy atom. The number of unbranched alkanes of at least 4 members (excludes halogenated alkanes) is 2. The summed E-state index contributed by atoms with van der Waals surface area (Å²) in [5, 5.41) is 0. The normalized spacial score (nSPS) is 30.7. The van der Waals surface area contributed by atoms with Gasteiger partial charge in [0.2, 0.25) is 0 Å². The van der Waals surface area contributed by atoms with E-state index in [1.807, 2.05) is 12.1 Å². The van der Waals surface area contributed by atoms with Crippen LogP contribution in [0.5, 0.6) is 0 Å². The SMILES string of the molecule is CCCCCC1CCC(C(C)C2CCC(C(C)c3ccc(F)cc3)CC2)CC1. The van der Waals surface area contributed by atoms with Gasteiger partial charge >= 0.3 is 0 Å². The molecule has 28 heavy (non-hydrogen) atoms. The van der Waals surface area contributed by atoms with E-state index in [1.54, 1.807) is 12.1 Å². The molecule has 2 aliphatic rings. The van der Waals surface area contributed by atoms with E-state index in [0.717, 1.165) is 29.6 Å². The summed E-state index contributed by atoms with van der Waals surface area (Å²) in [5.41, 5.74) is 1.32. The van der Waals surface area contributed by atoms with Crippen molar-refractivity contribution in [3.8, 4) is 0 Å². The highest BCUT2D eigenvalue weighted by molar-refractivity contribution is 5.20. The molecule has 0 N–H and O–H groups in total. The molecule has 158 valence electrons. The van der Waals surface area contributed by atoms with E-state index in [4.69, 9.17) is 0 Å². The second kappa shape index (κ2) is 10.8. The Hall–Kier alpha value is -0.850. The minimum Gasteiger partial charge on any atom is -0.207 e.